The van der Waals surface area contributed by atoms with Crippen LogP contribution >= 0.6 is 0 Å². The molecule has 33 heavy (non-hydrogen) atoms. The third kappa shape index (κ3) is 3.56. The molecule has 0 aromatic heterocycles. The Labute approximate surface area is 201 Å². The highest BCUT2D eigenvalue weighted by Crippen LogP contribution is 2.66. The molecule has 1 heterocycles. The van der Waals surface area contributed by atoms with E-state index in [1.54, 1.807) is 0 Å². The van der Waals surface area contributed by atoms with Crippen LogP contribution in [0.2, 0.25) is 0 Å². The van der Waals surface area contributed by atoms with Gasteiger partial charge in [-0.15, -0.1) is 0 Å². The predicted molar refractivity (Wildman–Crippen MR) is 130 cm³/mol. The van der Waals surface area contributed by atoms with Crippen LogP contribution < -0.4 is 0 Å². The number of esters is 1. The number of hydrogen-bond acceptors (Lipinski definition) is 3. The van der Waals surface area contributed by atoms with Gasteiger partial charge in [0.25, 0.3) is 0 Å². The molecule has 5 aliphatic carbocycles. The van der Waals surface area contributed by atoms with Crippen molar-refractivity contribution in [1.29, 1.82) is 0 Å². The molecule has 6 rings (SSSR count). The molecule has 1 saturated heterocycles. The molecule has 1 aliphatic heterocycles. The first kappa shape index (κ1) is 22.9. The van der Waals surface area contributed by atoms with Gasteiger partial charge in [-0.1, -0.05) is 46.0 Å². The summed E-state index contributed by atoms with van der Waals surface area (Å²) >= 11 is 0. The number of fused-ring (bicyclic) bond motifs is 6. The quantitative estimate of drug-likeness (QED) is 0.430. The lowest BCUT2D eigenvalue weighted by Gasteiger charge is -2.43. The first-order valence-corrected chi connectivity index (χ1v) is 15.0. The van der Waals surface area contributed by atoms with Gasteiger partial charge in [-0.25, -0.2) is 0 Å². The van der Waals surface area contributed by atoms with Gasteiger partial charge in [-0.2, -0.15) is 0 Å². The number of ether oxygens (including phenoxy) is 1. The van der Waals surface area contributed by atoms with Crippen molar-refractivity contribution in [3.05, 3.63) is 0 Å². The first-order chi connectivity index (χ1) is 16.0. The van der Waals surface area contributed by atoms with Crippen LogP contribution in [0.15, 0.2) is 0 Å². The highest BCUT2D eigenvalue weighted by Gasteiger charge is 2.61. The lowest BCUT2D eigenvalue weighted by atomic mass is 9.63. The number of hydrogen-bond donors (Lipinski definition) is 1. The topological polar surface area (TPSA) is 46.5 Å². The van der Waals surface area contributed by atoms with Crippen LogP contribution in [0.3, 0.4) is 0 Å². The lowest BCUT2D eigenvalue weighted by molar-refractivity contribution is -0.156. The van der Waals surface area contributed by atoms with Gasteiger partial charge in [0.15, 0.2) is 0 Å². The van der Waals surface area contributed by atoms with E-state index in [1.807, 2.05) is 0 Å². The van der Waals surface area contributed by atoms with Crippen molar-refractivity contribution in [2.75, 3.05) is 0 Å². The molecular formula is C30H48O3. The molecule has 11 unspecified atom stereocenters. The van der Waals surface area contributed by atoms with Crippen molar-refractivity contribution >= 4 is 5.97 Å². The van der Waals surface area contributed by atoms with E-state index >= 15 is 0 Å². The van der Waals surface area contributed by atoms with Gasteiger partial charge in [-0.05, 0) is 112 Å². The molecule has 3 nitrogen and oxygen atoms in total. The molecule has 0 aromatic carbocycles. The van der Waals surface area contributed by atoms with Crippen molar-refractivity contribution in [2.45, 2.75) is 122 Å². The summed E-state index contributed by atoms with van der Waals surface area (Å²) in [6, 6.07) is 0. The predicted octanol–water partition coefficient (Wildman–Crippen LogP) is 6.76. The molecule has 0 spiro atoms. The Bertz CT molecular complexity index is 728. The van der Waals surface area contributed by atoms with Crippen LogP contribution in [-0.2, 0) is 9.53 Å². The molecule has 6 fully saturated rings. The fourth-order valence-electron chi connectivity index (χ4n) is 10.9. The van der Waals surface area contributed by atoms with Gasteiger partial charge in [0.1, 0.15) is 6.10 Å². The average Bonchev–Trinajstić information content (AvgIpc) is 3.63. The second kappa shape index (κ2) is 8.82. The summed E-state index contributed by atoms with van der Waals surface area (Å²) in [6.07, 6.45) is 18.3. The van der Waals surface area contributed by atoms with E-state index in [-0.39, 0.29) is 23.9 Å². The molecule has 11 atom stereocenters. The van der Waals surface area contributed by atoms with Crippen molar-refractivity contribution in [3.8, 4) is 0 Å². The number of aliphatic hydroxyl groups is 1. The fraction of sp³-hybridized carbons (Fsp3) is 0.967. The van der Waals surface area contributed by atoms with Crippen LogP contribution in [-0.4, -0.2) is 22.8 Å². The molecule has 5 saturated carbocycles. The van der Waals surface area contributed by atoms with Gasteiger partial charge in [0.05, 0.1) is 11.5 Å². The molecule has 186 valence electrons. The largest absolute Gasteiger partial charge is 0.462 e. The molecule has 1 N–H and O–H groups in total. The third-order valence-electron chi connectivity index (χ3n) is 12.2. The van der Waals surface area contributed by atoms with Gasteiger partial charge in [-0.3, -0.25) is 4.79 Å². The summed E-state index contributed by atoms with van der Waals surface area (Å²) < 4.78 is 5.92. The fourth-order valence-corrected chi connectivity index (χ4v) is 10.9. The second-order valence-electron chi connectivity index (χ2n) is 13.3. The zero-order valence-electron chi connectivity index (χ0n) is 21.2. The zero-order chi connectivity index (χ0) is 22.7. The van der Waals surface area contributed by atoms with Gasteiger partial charge >= 0.3 is 5.97 Å². The maximum absolute atomic E-state index is 13.2. The molecule has 0 radical (unpaired) electrons. The molecule has 3 heteroatoms. The molecular weight excluding hydrogens is 408 g/mol. The minimum absolute atomic E-state index is 0.0538. The van der Waals surface area contributed by atoms with E-state index in [1.165, 1.54) is 57.8 Å². The van der Waals surface area contributed by atoms with Crippen LogP contribution in [0.25, 0.3) is 0 Å². The number of carbonyl (C=O) groups is 1. The standard InChI is InChI=1S/C30H48O3/c1-3-18-15-19(4-2)27-24-17-21(26(18)27)16-20(24)13-14-30(32,22-9-5-6-10-22)28-23-11-7-8-12-25(23)33-29(28)31/h18-28,32H,3-17H2,1-2H3. The van der Waals surface area contributed by atoms with Crippen molar-refractivity contribution in [1.82, 2.24) is 0 Å². The van der Waals surface area contributed by atoms with E-state index in [2.05, 4.69) is 13.8 Å². The Balaban J connectivity index is 1.20. The van der Waals surface area contributed by atoms with Gasteiger partial charge < -0.3 is 9.84 Å². The average molecular weight is 457 g/mol. The zero-order valence-corrected chi connectivity index (χ0v) is 21.2. The van der Waals surface area contributed by atoms with E-state index in [9.17, 15) is 9.90 Å². The molecule has 0 amide bonds. The van der Waals surface area contributed by atoms with Crippen molar-refractivity contribution in [3.63, 3.8) is 0 Å². The highest BCUT2D eigenvalue weighted by molar-refractivity contribution is 5.77. The van der Waals surface area contributed by atoms with E-state index < -0.39 is 5.60 Å². The summed E-state index contributed by atoms with van der Waals surface area (Å²) in [7, 11) is 0. The van der Waals surface area contributed by atoms with Gasteiger partial charge in [0.2, 0.25) is 0 Å². The summed E-state index contributed by atoms with van der Waals surface area (Å²) in [5, 5.41) is 12.4. The Kier molecular flexibility index (Phi) is 6.11. The Morgan fingerprint density at radius 3 is 2.30 bits per heavy atom. The van der Waals surface area contributed by atoms with Crippen LogP contribution in [0.1, 0.15) is 110 Å². The smallest absolute Gasteiger partial charge is 0.312 e. The Hall–Kier alpha value is -0.570. The van der Waals surface area contributed by atoms with Crippen LogP contribution in [0.4, 0.5) is 0 Å². The summed E-state index contributed by atoms with van der Waals surface area (Å²) in [5.41, 5.74) is -0.822. The van der Waals surface area contributed by atoms with E-state index in [0.29, 0.717) is 5.92 Å². The van der Waals surface area contributed by atoms with Gasteiger partial charge in [0, 0.05) is 5.92 Å². The maximum atomic E-state index is 13.2. The minimum Gasteiger partial charge on any atom is -0.462 e. The number of carbonyl (C=O) groups excluding carboxylic acids is 1. The van der Waals surface area contributed by atoms with Crippen molar-refractivity contribution in [2.24, 2.45) is 59.2 Å². The lowest BCUT2D eigenvalue weighted by Crippen LogP contribution is -2.50. The first-order valence-electron chi connectivity index (χ1n) is 15.0. The molecule has 0 aromatic rings. The van der Waals surface area contributed by atoms with E-state index in [4.69, 9.17) is 4.74 Å². The van der Waals surface area contributed by atoms with Crippen LogP contribution in [0.5, 0.6) is 0 Å². The Morgan fingerprint density at radius 2 is 1.55 bits per heavy atom. The SMILES string of the molecule is CCC1CC(CC)C2C3CC(CC3CCC(O)(C3CCCC3)C3C(=O)OC4CCCCC43)C12. The maximum Gasteiger partial charge on any atom is 0.312 e. The second-order valence-corrected chi connectivity index (χ2v) is 13.3. The summed E-state index contributed by atoms with van der Waals surface area (Å²) in [4.78, 5) is 13.2. The summed E-state index contributed by atoms with van der Waals surface area (Å²) in [6.45, 7) is 4.84. The minimum atomic E-state index is -0.822. The third-order valence-corrected chi connectivity index (χ3v) is 12.2. The number of rotatable bonds is 7. The van der Waals surface area contributed by atoms with Crippen molar-refractivity contribution < 1.29 is 14.6 Å². The molecule has 2 bridgehead atoms. The normalized spacial score (nSPS) is 48.6. The highest BCUT2D eigenvalue weighted by atomic mass is 16.6. The summed E-state index contributed by atoms with van der Waals surface area (Å²) in [5.74, 6) is 6.78. The van der Waals surface area contributed by atoms with E-state index in [0.717, 1.165) is 80.0 Å². The Morgan fingerprint density at radius 1 is 0.848 bits per heavy atom. The monoisotopic (exact) mass is 456 g/mol. The van der Waals surface area contributed by atoms with Crippen LogP contribution in [0, 0.1) is 59.2 Å². The molecule has 6 aliphatic rings.